The number of thiazole rings is 1. The van der Waals surface area contributed by atoms with E-state index in [1.54, 1.807) is 31.3 Å². The maximum Gasteiger partial charge on any atom is 0.263 e. The standard InChI is InChI=1S/C26H24ClN3O3S/c1-17-25(26(32)29-15-19-10-11-23(27)28-14-19)34-24(30-17)12-20-8-5-9-21(13-22(20)31)33-16-18-6-3-2-4-7-18/h2-3,5-6,8-11,13-14H,4,7,12,15-16H2,1H3,(H,29,32). The first-order valence-corrected chi connectivity index (χ1v) is 12.1. The highest BCUT2D eigenvalue weighted by atomic mass is 35.5. The minimum Gasteiger partial charge on any atom is -0.489 e. The summed E-state index contributed by atoms with van der Waals surface area (Å²) in [7, 11) is 0. The van der Waals surface area contributed by atoms with Crippen LogP contribution in [0.2, 0.25) is 5.15 Å². The van der Waals surface area contributed by atoms with Crippen molar-refractivity contribution in [3.8, 4) is 5.75 Å². The minimum absolute atomic E-state index is 0.119. The Hall–Kier alpha value is -3.29. The summed E-state index contributed by atoms with van der Waals surface area (Å²) >= 11 is 7.09. The number of hydrogen-bond acceptors (Lipinski definition) is 6. The molecule has 0 fully saturated rings. The van der Waals surface area contributed by atoms with Crippen LogP contribution in [0.1, 0.15) is 44.3 Å². The molecule has 1 aliphatic rings. The Balaban J connectivity index is 1.40. The fraction of sp³-hybridized carbons (Fsp3) is 0.231. The molecule has 0 radical (unpaired) electrons. The molecule has 2 aromatic heterocycles. The van der Waals surface area contributed by atoms with Crippen LogP contribution in [0.4, 0.5) is 0 Å². The van der Waals surface area contributed by atoms with E-state index in [9.17, 15) is 9.59 Å². The molecule has 1 aromatic carbocycles. The average Bonchev–Trinajstić information content (AvgIpc) is 3.12. The van der Waals surface area contributed by atoms with E-state index >= 15 is 0 Å². The number of nitrogens with one attached hydrogen (secondary N) is 1. The number of aromatic nitrogens is 2. The van der Waals surface area contributed by atoms with E-state index in [-0.39, 0.29) is 11.3 Å². The summed E-state index contributed by atoms with van der Waals surface area (Å²) in [5, 5.41) is 3.99. The van der Waals surface area contributed by atoms with Gasteiger partial charge in [0.2, 0.25) is 0 Å². The number of nitrogens with zero attached hydrogens (tertiary/aromatic N) is 2. The number of pyridine rings is 1. The Kier molecular flexibility index (Phi) is 7.87. The summed E-state index contributed by atoms with van der Waals surface area (Å²) in [6, 6.07) is 10.4. The van der Waals surface area contributed by atoms with Crippen molar-refractivity contribution in [2.45, 2.75) is 32.7 Å². The molecule has 4 rings (SSSR count). The van der Waals surface area contributed by atoms with Crippen molar-refractivity contribution >= 4 is 28.8 Å². The van der Waals surface area contributed by atoms with Crippen LogP contribution in [0.5, 0.6) is 5.75 Å². The van der Waals surface area contributed by atoms with Crippen molar-refractivity contribution in [3.05, 3.63) is 108 Å². The summed E-state index contributed by atoms with van der Waals surface area (Å²) in [6.45, 7) is 2.60. The molecule has 1 amide bonds. The molecule has 8 heteroatoms. The Morgan fingerprint density at radius 3 is 2.91 bits per heavy atom. The number of ether oxygens (including phenoxy) is 1. The van der Waals surface area contributed by atoms with Gasteiger partial charge in [-0.2, -0.15) is 0 Å². The molecule has 0 atom stereocenters. The van der Waals surface area contributed by atoms with Gasteiger partial charge in [-0.05, 0) is 43.0 Å². The van der Waals surface area contributed by atoms with Gasteiger partial charge in [-0.1, -0.05) is 48.0 Å². The third-order valence-corrected chi connectivity index (χ3v) is 6.68. The summed E-state index contributed by atoms with van der Waals surface area (Å²) < 4.78 is 5.84. The number of rotatable bonds is 8. The van der Waals surface area contributed by atoms with E-state index in [2.05, 4.69) is 27.4 Å². The maximum atomic E-state index is 12.8. The topological polar surface area (TPSA) is 81.2 Å². The maximum absolute atomic E-state index is 12.8. The molecule has 3 aromatic rings. The molecular weight excluding hydrogens is 470 g/mol. The van der Waals surface area contributed by atoms with Gasteiger partial charge >= 0.3 is 0 Å². The second-order valence-electron chi connectivity index (χ2n) is 7.91. The van der Waals surface area contributed by atoms with Gasteiger partial charge in [-0.3, -0.25) is 9.59 Å². The van der Waals surface area contributed by atoms with Crippen LogP contribution in [0, 0.1) is 6.92 Å². The largest absolute Gasteiger partial charge is 0.489 e. The summed E-state index contributed by atoms with van der Waals surface area (Å²) in [5.74, 6) is 0.332. The third kappa shape index (κ3) is 6.40. The fourth-order valence-electron chi connectivity index (χ4n) is 3.47. The van der Waals surface area contributed by atoms with E-state index < -0.39 is 0 Å². The summed E-state index contributed by atoms with van der Waals surface area (Å²) in [5.41, 5.74) is 3.17. The number of carbonyl (C=O) groups excluding carboxylic acids is 1. The van der Waals surface area contributed by atoms with Crippen molar-refractivity contribution < 1.29 is 9.53 Å². The van der Waals surface area contributed by atoms with E-state index in [0.717, 1.165) is 18.4 Å². The molecule has 0 bridgehead atoms. The lowest BCUT2D eigenvalue weighted by Crippen LogP contribution is -2.22. The molecule has 174 valence electrons. The predicted molar refractivity (Wildman–Crippen MR) is 135 cm³/mol. The lowest BCUT2D eigenvalue weighted by molar-refractivity contribution is 0.0954. The summed E-state index contributed by atoms with van der Waals surface area (Å²) in [4.78, 5) is 34.5. The number of halogens is 1. The highest BCUT2D eigenvalue weighted by molar-refractivity contribution is 7.13. The van der Waals surface area contributed by atoms with Gasteiger partial charge in [0, 0.05) is 30.8 Å². The highest BCUT2D eigenvalue weighted by Crippen LogP contribution is 2.21. The second kappa shape index (κ2) is 11.2. The van der Waals surface area contributed by atoms with Crippen molar-refractivity contribution in [1.29, 1.82) is 0 Å². The van der Waals surface area contributed by atoms with Gasteiger partial charge in [0.05, 0.1) is 10.7 Å². The normalized spacial score (nSPS) is 12.8. The third-order valence-electron chi connectivity index (χ3n) is 5.30. The highest BCUT2D eigenvalue weighted by Gasteiger charge is 2.16. The molecule has 1 aliphatic carbocycles. The molecule has 2 heterocycles. The fourth-order valence-corrected chi connectivity index (χ4v) is 4.59. The van der Waals surface area contributed by atoms with Crippen LogP contribution in [-0.4, -0.2) is 22.5 Å². The Morgan fingerprint density at radius 1 is 1.26 bits per heavy atom. The first kappa shape index (κ1) is 23.9. The van der Waals surface area contributed by atoms with E-state index in [1.807, 2.05) is 18.2 Å². The second-order valence-corrected chi connectivity index (χ2v) is 9.38. The van der Waals surface area contributed by atoms with E-state index in [1.165, 1.54) is 23.0 Å². The first-order valence-electron chi connectivity index (χ1n) is 10.9. The van der Waals surface area contributed by atoms with Gasteiger partial charge in [0.1, 0.15) is 22.4 Å². The van der Waals surface area contributed by atoms with E-state index in [0.29, 0.717) is 51.6 Å². The molecule has 0 saturated heterocycles. The van der Waals surface area contributed by atoms with Crippen molar-refractivity contribution in [2.24, 2.45) is 0 Å². The molecule has 0 saturated carbocycles. The van der Waals surface area contributed by atoms with Gasteiger partial charge in [0.15, 0.2) is 5.43 Å². The number of amides is 1. The molecule has 0 unspecified atom stereocenters. The molecule has 0 spiro atoms. The molecule has 0 aliphatic heterocycles. The molecule has 1 N–H and O–H groups in total. The number of allylic oxidation sites excluding steroid dienone is 3. The number of aryl methyl sites for hydroxylation is 1. The van der Waals surface area contributed by atoms with Crippen LogP contribution in [0.25, 0.3) is 0 Å². The van der Waals surface area contributed by atoms with Gasteiger partial charge in [0.25, 0.3) is 5.91 Å². The zero-order valence-electron chi connectivity index (χ0n) is 18.7. The Bertz CT molecular complexity index is 1300. The number of hydrogen-bond donors (Lipinski definition) is 1. The van der Waals surface area contributed by atoms with Crippen molar-refractivity contribution in [2.75, 3.05) is 6.61 Å². The zero-order chi connectivity index (χ0) is 23.9. The zero-order valence-corrected chi connectivity index (χ0v) is 20.3. The lowest BCUT2D eigenvalue weighted by atomic mass is 10.1. The molecule has 6 nitrogen and oxygen atoms in total. The van der Waals surface area contributed by atoms with Crippen LogP contribution < -0.4 is 15.5 Å². The Labute approximate surface area is 207 Å². The van der Waals surface area contributed by atoms with E-state index in [4.69, 9.17) is 16.3 Å². The van der Waals surface area contributed by atoms with Crippen molar-refractivity contribution in [3.63, 3.8) is 0 Å². The molecular formula is C26H24ClN3O3S. The van der Waals surface area contributed by atoms with Gasteiger partial charge < -0.3 is 10.1 Å². The van der Waals surface area contributed by atoms with Gasteiger partial charge in [-0.25, -0.2) is 9.97 Å². The summed E-state index contributed by atoms with van der Waals surface area (Å²) in [6.07, 6.45) is 10.2. The molecule has 34 heavy (non-hydrogen) atoms. The quantitative estimate of drug-likeness (QED) is 0.445. The van der Waals surface area contributed by atoms with Crippen molar-refractivity contribution in [1.82, 2.24) is 15.3 Å². The first-order chi connectivity index (χ1) is 16.5. The van der Waals surface area contributed by atoms with Gasteiger partial charge in [-0.15, -0.1) is 11.3 Å². The predicted octanol–water partition coefficient (Wildman–Crippen LogP) is 5.04. The SMILES string of the molecule is Cc1nc(Cc2cccc(OCC3=CC=CCC3)cc2=O)sc1C(=O)NCc1ccc(Cl)nc1. The van der Waals surface area contributed by atoms with Crippen LogP contribution in [0.15, 0.2) is 71.2 Å². The Morgan fingerprint density at radius 2 is 2.15 bits per heavy atom. The number of carbonyl (C=O) groups is 1. The smallest absolute Gasteiger partial charge is 0.263 e. The van der Waals surface area contributed by atoms with Crippen LogP contribution in [-0.2, 0) is 13.0 Å². The van der Waals surface area contributed by atoms with Crippen LogP contribution >= 0.6 is 22.9 Å². The monoisotopic (exact) mass is 493 g/mol. The lowest BCUT2D eigenvalue weighted by Gasteiger charge is -2.09. The van der Waals surface area contributed by atoms with Crippen LogP contribution in [0.3, 0.4) is 0 Å². The minimum atomic E-state index is -0.209. The average molecular weight is 494 g/mol.